The number of carbonyl (C=O) groups is 1. The number of amides is 1. The SMILES string of the molecule is CC(C(=O)NS(=O)(=O)c1cc(Cl)ccc1Cl)N(C)Cc1ccccc1. The second-order valence-electron chi connectivity index (χ2n) is 5.62. The topological polar surface area (TPSA) is 66.5 Å². The van der Waals surface area contributed by atoms with Gasteiger partial charge in [0.2, 0.25) is 0 Å². The highest BCUT2D eigenvalue weighted by atomic mass is 35.5. The van der Waals surface area contributed by atoms with Crippen LogP contribution in [0.2, 0.25) is 10.0 Å². The molecule has 1 atom stereocenters. The number of hydrogen-bond acceptors (Lipinski definition) is 4. The van der Waals surface area contributed by atoms with E-state index in [2.05, 4.69) is 4.72 Å². The van der Waals surface area contributed by atoms with E-state index in [1.165, 1.54) is 18.2 Å². The number of nitrogens with zero attached hydrogens (tertiary/aromatic N) is 1. The predicted octanol–water partition coefficient (Wildman–Crippen LogP) is 3.32. The van der Waals surface area contributed by atoms with Gasteiger partial charge in [-0.3, -0.25) is 9.69 Å². The van der Waals surface area contributed by atoms with Gasteiger partial charge in [0.1, 0.15) is 4.90 Å². The minimum absolute atomic E-state index is 0.00464. The fourth-order valence-electron chi connectivity index (χ4n) is 2.16. The minimum atomic E-state index is -4.11. The van der Waals surface area contributed by atoms with Crippen LogP contribution in [-0.4, -0.2) is 32.3 Å². The Morgan fingerprint density at radius 1 is 1.16 bits per heavy atom. The molecule has 0 heterocycles. The summed E-state index contributed by atoms with van der Waals surface area (Å²) < 4.78 is 26.9. The largest absolute Gasteiger partial charge is 0.291 e. The van der Waals surface area contributed by atoms with Crippen LogP contribution >= 0.6 is 23.2 Å². The minimum Gasteiger partial charge on any atom is -0.291 e. The van der Waals surface area contributed by atoms with E-state index in [4.69, 9.17) is 23.2 Å². The maximum atomic E-state index is 12.4. The number of rotatable bonds is 6. The third-order valence-corrected chi connectivity index (χ3v) is 5.80. The second kappa shape index (κ2) is 8.19. The van der Waals surface area contributed by atoms with Crippen LogP contribution < -0.4 is 4.72 Å². The Bertz CT molecular complexity index is 857. The van der Waals surface area contributed by atoms with E-state index < -0.39 is 22.0 Å². The monoisotopic (exact) mass is 400 g/mol. The molecule has 8 heteroatoms. The molecule has 0 spiro atoms. The number of hydrogen-bond donors (Lipinski definition) is 1. The van der Waals surface area contributed by atoms with E-state index in [1.807, 2.05) is 30.3 Å². The zero-order valence-electron chi connectivity index (χ0n) is 13.7. The number of sulfonamides is 1. The number of benzene rings is 2. The number of carbonyl (C=O) groups excluding carboxylic acids is 1. The lowest BCUT2D eigenvalue weighted by Crippen LogP contribution is -2.45. The molecule has 1 N–H and O–H groups in total. The molecule has 0 radical (unpaired) electrons. The first-order valence-electron chi connectivity index (χ1n) is 7.46. The molecule has 1 unspecified atom stereocenters. The Kier molecular flexibility index (Phi) is 6.46. The van der Waals surface area contributed by atoms with Gasteiger partial charge in [0, 0.05) is 11.6 Å². The summed E-state index contributed by atoms with van der Waals surface area (Å²) in [6, 6.07) is 13.0. The summed E-state index contributed by atoms with van der Waals surface area (Å²) in [4.78, 5) is 13.9. The molecular formula is C17H18Cl2N2O3S. The molecule has 0 aliphatic rings. The number of nitrogens with one attached hydrogen (secondary N) is 1. The highest BCUT2D eigenvalue weighted by molar-refractivity contribution is 7.90. The molecular weight excluding hydrogens is 383 g/mol. The zero-order valence-corrected chi connectivity index (χ0v) is 16.1. The van der Waals surface area contributed by atoms with Crippen molar-refractivity contribution in [3.63, 3.8) is 0 Å². The Labute approximate surface area is 157 Å². The highest BCUT2D eigenvalue weighted by Crippen LogP contribution is 2.24. The summed E-state index contributed by atoms with van der Waals surface area (Å²) in [6.07, 6.45) is 0. The summed E-state index contributed by atoms with van der Waals surface area (Å²) >= 11 is 11.7. The van der Waals surface area contributed by atoms with Crippen molar-refractivity contribution >= 4 is 39.1 Å². The van der Waals surface area contributed by atoms with E-state index in [0.717, 1.165) is 5.56 Å². The van der Waals surface area contributed by atoms with E-state index >= 15 is 0 Å². The van der Waals surface area contributed by atoms with Gasteiger partial charge in [-0.15, -0.1) is 0 Å². The molecule has 0 saturated carbocycles. The van der Waals surface area contributed by atoms with Crippen molar-refractivity contribution in [2.24, 2.45) is 0 Å². The lowest BCUT2D eigenvalue weighted by atomic mass is 10.2. The van der Waals surface area contributed by atoms with Crippen molar-refractivity contribution in [2.75, 3.05) is 7.05 Å². The lowest BCUT2D eigenvalue weighted by Gasteiger charge is -2.24. The molecule has 2 aromatic rings. The molecule has 1 amide bonds. The average molecular weight is 401 g/mol. The van der Waals surface area contributed by atoms with Crippen LogP contribution in [0, 0.1) is 0 Å². The second-order valence-corrected chi connectivity index (χ2v) is 8.12. The molecule has 0 fully saturated rings. The van der Waals surface area contributed by atoms with Crippen molar-refractivity contribution in [3.8, 4) is 0 Å². The van der Waals surface area contributed by atoms with Crippen LogP contribution in [0.1, 0.15) is 12.5 Å². The van der Waals surface area contributed by atoms with Gasteiger partial charge in [-0.05, 0) is 37.7 Å². The van der Waals surface area contributed by atoms with Gasteiger partial charge in [0.15, 0.2) is 0 Å². The molecule has 0 aromatic heterocycles. The average Bonchev–Trinajstić information content (AvgIpc) is 2.56. The molecule has 0 bridgehead atoms. The predicted molar refractivity (Wildman–Crippen MR) is 99.2 cm³/mol. The first-order valence-corrected chi connectivity index (χ1v) is 9.70. The fraction of sp³-hybridized carbons (Fsp3) is 0.235. The van der Waals surface area contributed by atoms with E-state index in [1.54, 1.807) is 18.9 Å². The third kappa shape index (κ3) is 5.19. The Morgan fingerprint density at radius 3 is 2.44 bits per heavy atom. The Balaban J connectivity index is 2.10. The Morgan fingerprint density at radius 2 is 1.80 bits per heavy atom. The molecule has 2 rings (SSSR count). The van der Waals surface area contributed by atoms with Gasteiger partial charge in [-0.1, -0.05) is 53.5 Å². The normalized spacial score (nSPS) is 12.8. The molecule has 25 heavy (non-hydrogen) atoms. The molecule has 5 nitrogen and oxygen atoms in total. The van der Waals surface area contributed by atoms with Gasteiger partial charge in [0.25, 0.3) is 15.9 Å². The van der Waals surface area contributed by atoms with Crippen LogP contribution in [-0.2, 0) is 21.4 Å². The van der Waals surface area contributed by atoms with E-state index in [-0.39, 0.29) is 14.9 Å². The third-order valence-electron chi connectivity index (χ3n) is 3.73. The fourth-order valence-corrected chi connectivity index (χ4v) is 3.98. The molecule has 0 aliphatic carbocycles. The summed E-state index contributed by atoms with van der Waals surface area (Å²) in [5.74, 6) is -0.644. The summed E-state index contributed by atoms with van der Waals surface area (Å²) in [6.45, 7) is 2.14. The standard InChI is InChI=1S/C17H18Cl2N2O3S/c1-12(21(2)11-13-6-4-3-5-7-13)17(22)20-25(23,24)16-10-14(18)8-9-15(16)19/h3-10,12H,11H2,1-2H3,(H,20,22). The van der Waals surface area contributed by atoms with E-state index in [9.17, 15) is 13.2 Å². The summed E-state index contributed by atoms with van der Waals surface area (Å²) in [5, 5.41) is 0.210. The van der Waals surface area contributed by atoms with Gasteiger partial charge < -0.3 is 0 Å². The first kappa shape index (κ1) is 19.7. The maximum absolute atomic E-state index is 12.4. The van der Waals surface area contributed by atoms with Gasteiger partial charge in [-0.2, -0.15) is 0 Å². The van der Waals surface area contributed by atoms with Gasteiger partial charge in [0.05, 0.1) is 11.1 Å². The van der Waals surface area contributed by atoms with Crippen LogP contribution in [0.25, 0.3) is 0 Å². The number of likely N-dealkylation sites (N-methyl/N-ethyl adjacent to an activating group) is 1. The lowest BCUT2D eigenvalue weighted by molar-refractivity contribution is -0.123. The van der Waals surface area contributed by atoms with Crippen LogP contribution in [0.5, 0.6) is 0 Å². The smallest absolute Gasteiger partial charge is 0.265 e. The quantitative estimate of drug-likeness (QED) is 0.807. The summed E-state index contributed by atoms with van der Waals surface area (Å²) in [5.41, 5.74) is 1.02. The highest BCUT2D eigenvalue weighted by Gasteiger charge is 2.26. The van der Waals surface area contributed by atoms with Crippen LogP contribution in [0.15, 0.2) is 53.4 Å². The molecule has 0 saturated heterocycles. The number of halogens is 2. The van der Waals surface area contributed by atoms with Crippen LogP contribution in [0.4, 0.5) is 0 Å². The zero-order chi connectivity index (χ0) is 18.6. The van der Waals surface area contributed by atoms with Crippen molar-refractivity contribution in [3.05, 3.63) is 64.1 Å². The summed E-state index contributed by atoms with van der Waals surface area (Å²) in [7, 11) is -2.36. The van der Waals surface area contributed by atoms with Crippen LogP contribution in [0.3, 0.4) is 0 Å². The maximum Gasteiger partial charge on any atom is 0.265 e. The first-order chi connectivity index (χ1) is 11.7. The molecule has 0 aliphatic heterocycles. The van der Waals surface area contributed by atoms with Crippen molar-refractivity contribution in [1.29, 1.82) is 0 Å². The Hall–Kier alpha value is -1.60. The molecule has 134 valence electrons. The van der Waals surface area contributed by atoms with Gasteiger partial charge in [-0.25, -0.2) is 13.1 Å². The van der Waals surface area contributed by atoms with Crippen molar-refractivity contribution in [2.45, 2.75) is 24.4 Å². The van der Waals surface area contributed by atoms with Crippen molar-refractivity contribution < 1.29 is 13.2 Å². The van der Waals surface area contributed by atoms with Crippen molar-refractivity contribution in [1.82, 2.24) is 9.62 Å². The molecule has 2 aromatic carbocycles. The van der Waals surface area contributed by atoms with Gasteiger partial charge >= 0.3 is 0 Å². The van der Waals surface area contributed by atoms with E-state index in [0.29, 0.717) is 6.54 Å².